The van der Waals surface area contributed by atoms with E-state index >= 15 is 0 Å². The highest BCUT2D eigenvalue weighted by Crippen LogP contribution is 2.49. The van der Waals surface area contributed by atoms with Gasteiger partial charge in [-0.15, -0.1) is 0 Å². The number of hydrogen-bond donors (Lipinski definition) is 0. The van der Waals surface area contributed by atoms with Crippen molar-refractivity contribution in [2.24, 2.45) is 0 Å². The number of furan rings is 1. The van der Waals surface area contributed by atoms with Gasteiger partial charge in [-0.3, -0.25) is 0 Å². The minimum atomic E-state index is -0.0257. The van der Waals surface area contributed by atoms with Crippen LogP contribution in [0.3, 0.4) is 0 Å². The Kier molecular flexibility index (Phi) is 11.0. The fourth-order valence-corrected chi connectivity index (χ4v) is 11.5. The smallest absolute Gasteiger partial charge is 0.136 e. The molecule has 0 radical (unpaired) electrons. The van der Waals surface area contributed by atoms with Gasteiger partial charge in [0.1, 0.15) is 11.2 Å². The van der Waals surface area contributed by atoms with E-state index in [2.05, 4.69) is 288 Å². The van der Waals surface area contributed by atoms with Crippen LogP contribution in [0.2, 0.25) is 0 Å². The average molecular weight is 967 g/mol. The van der Waals surface area contributed by atoms with Gasteiger partial charge < -0.3 is 13.9 Å². The van der Waals surface area contributed by atoms with E-state index in [4.69, 9.17) is 4.42 Å². The minimum absolute atomic E-state index is 0.0257. The van der Waals surface area contributed by atoms with Crippen molar-refractivity contribution in [1.82, 2.24) is 4.57 Å². The summed E-state index contributed by atoms with van der Waals surface area (Å²) in [4.78, 5) is 2.48. The van der Waals surface area contributed by atoms with E-state index in [0.29, 0.717) is 0 Å². The number of benzene rings is 11. The summed E-state index contributed by atoms with van der Waals surface area (Å²) in [6.45, 7) is 13.9. The molecule has 0 fully saturated rings. The third-order valence-corrected chi connectivity index (χ3v) is 15.3. The highest BCUT2D eigenvalue weighted by atomic mass is 16.3. The van der Waals surface area contributed by atoms with E-state index in [1.807, 2.05) is 6.07 Å². The van der Waals surface area contributed by atoms with Crippen LogP contribution >= 0.6 is 0 Å². The predicted octanol–water partition coefficient (Wildman–Crippen LogP) is 20.6. The lowest BCUT2D eigenvalue weighted by Crippen LogP contribution is -2.16. The third kappa shape index (κ3) is 7.99. The average Bonchev–Trinajstić information content (AvgIpc) is 4.01. The Bertz CT molecular complexity index is 4270. The quantitative estimate of drug-likeness (QED) is 0.151. The van der Waals surface area contributed by atoms with Crippen molar-refractivity contribution in [1.29, 1.82) is 0 Å². The molecule has 2 aromatic heterocycles. The van der Waals surface area contributed by atoms with Gasteiger partial charge >= 0.3 is 0 Å². The second-order valence-corrected chi connectivity index (χ2v) is 22.1. The minimum Gasteiger partial charge on any atom is -0.456 e. The van der Waals surface area contributed by atoms with Crippen molar-refractivity contribution in [3.63, 3.8) is 0 Å². The van der Waals surface area contributed by atoms with Gasteiger partial charge in [0.05, 0.1) is 22.4 Å². The molecular weight excluding hydrogens is 909 g/mol. The third-order valence-electron chi connectivity index (χ3n) is 15.3. The number of rotatable bonds is 8. The second-order valence-electron chi connectivity index (χ2n) is 22.1. The monoisotopic (exact) mass is 966 g/mol. The van der Waals surface area contributed by atoms with E-state index in [0.717, 1.165) is 66.9 Å². The molecule has 0 bridgehead atoms. The highest BCUT2D eigenvalue weighted by Gasteiger charge is 2.26. The maximum absolute atomic E-state index is 6.52. The SMILES string of the molecule is CC(C)(C)c1cc(-c2cccc3cccc(-c4ccccc4N(c4ccc(-c5ccc6c(c5)c5ccccc5n6-c5ccccc5)cc4)c4ccccc4-c4cccc5oc6ccccc6c45)c23)cc(C(C)(C)C)c1. The van der Waals surface area contributed by atoms with Crippen LogP contribution in [0, 0.1) is 0 Å². The summed E-state index contributed by atoms with van der Waals surface area (Å²) in [6.07, 6.45) is 0. The molecule has 75 heavy (non-hydrogen) atoms. The fraction of sp³-hybridized carbons (Fsp3) is 0.111. The zero-order chi connectivity index (χ0) is 51.0. The first kappa shape index (κ1) is 45.9. The molecule has 13 aromatic rings. The predicted molar refractivity (Wildman–Crippen MR) is 319 cm³/mol. The molecule has 0 aliphatic carbocycles. The largest absolute Gasteiger partial charge is 0.456 e. The van der Waals surface area contributed by atoms with Crippen molar-refractivity contribution in [2.45, 2.75) is 52.4 Å². The van der Waals surface area contributed by atoms with Gasteiger partial charge in [0.2, 0.25) is 0 Å². The summed E-state index contributed by atoms with van der Waals surface area (Å²) in [7, 11) is 0. The summed E-state index contributed by atoms with van der Waals surface area (Å²) in [5.41, 5.74) is 20.5. The Balaban J connectivity index is 1.02. The number of hydrogen-bond acceptors (Lipinski definition) is 2. The van der Waals surface area contributed by atoms with Gasteiger partial charge in [-0.2, -0.15) is 0 Å². The Labute approximate surface area is 439 Å². The van der Waals surface area contributed by atoms with E-state index in [1.54, 1.807) is 0 Å². The van der Waals surface area contributed by atoms with Crippen LogP contribution in [-0.2, 0) is 10.8 Å². The zero-order valence-corrected chi connectivity index (χ0v) is 43.4. The van der Waals surface area contributed by atoms with Crippen molar-refractivity contribution < 1.29 is 4.42 Å². The van der Waals surface area contributed by atoms with Gasteiger partial charge in [-0.05, 0) is 133 Å². The maximum Gasteiger partial charge on any atom is 0.136 e. The van der Waals surface area contributed by atoms with Crippen molar-refractivity contribution >= 4 is 71.6 Å². The molecule has 13 rings (SSSR count). The van der Waals surface area contributed by atoms with Crippen LogP contribution in [0.15, 0.2) is 247 Å². The van der Waals surface area contributed by atoms with Crippen molar-refractivity contribution in [3.05, 3.63) is 254 Å². The first-order chi connectivity index (χ1) is 36.5. The lowest BCUT2D eigenvalue weighted by atomic mass is 9.78. The van der Waals surface area contributed by atoms with Crippen LogP contribution < -0.4 is 4.90 Å². The summed E-state index contributed by atoms with van der Waals surface area (Å²) >= 11 is 0. The number of anilines is 3. The van der Waals surface area contributed by atoms with Crippen LogP contribution in [0.4, 0.5) is 17.1 Å². The summed E-state index contributed by atoms with van der Waals surface area (Å²) < 4.78 is 8.89. The van der Waals surface area contributed by atoms with Crippen LogP contribution in [-0.4, -0.2) is 4.57 Å². The molecule has 0 spiro atoms. The molecule has 11 aromatic carbocycles. The molecule has 0 unspecified atom stereocenters. The standard InChI is InChI=1S/C72H58N2O/c1-71(2,3)51-43-50(44-52(46-51)72(4,5)6)55-29-18-21-48-22-19-30-59(69(48)55)56-25-10-14-32-63(56)74(64-33-15-11-26-57(64)60-31-20-36-68-70(60)61-28-13-17-35-67(61)75-68)54-40-37-47(38-41-54)49-39-42-66-62(45-49)58-27-12-16-34-65(58)73(66)53-23-8-7-9-24-53/h7-46H,1-6H3. The number of para-hydroxylation sites is 5. The molecular formula is C72H58N2O. The van der Waals surface area contributed by atoms with E-state index < -0.39 is 0 Å². The molecule has 3 heteroatoms. The Morgan fingerprint density at radius 1 is 0.347 bits per heavy atom. The molecule has 2 heterocycles. The van der Waals surface area contributed by atoms with Gasteiger partial charge in [-0.1, -0.05) is 217 Å². The molecule has 0 atom stereocenters. The van der Waals surface area contributed by atoms with Gasteiger partial charge in [0.15, 0.2) is 0 Å². The molecule has 0 aliphatic heterocycles. The van der Waals surface area contributed by atoms with Gasteiger partial charge in [-0.25, -0.2) is 0 Å². The van der Waals surface area contributed by atoms with Crippen molar-refractivity contribution in [3.8, 4) is 50.2 Å². The number of aromatic nitrogens is 1. The van der Waals surface area contributed by atoms with E-state index in [-0.39, 0.29) is 10.8 Å². The first-order valence-electron chi connectivity index (χ1n) is 26.2. The summed E-state index contributed by atoms with van der Waals surface area (Å²) in [5, 5.41) is 7.13. The van der Waals surface area contributed by atoms with Crippen LogP contribution in [0.1, 0.15) is 52.7 Å². The second kappa shape index (κ2) is 17.9. The topological polar surface area (TPSA) is 21.3 Å². The van der Waals surface area contributed by atoms with Crippen LogP contribution in [0.25, 0.3) is 105 Å². The van der Waals surface area contributed by atoms with Gasteiger partial charge in [0, 0.05) is 44.0 Å². The lowest BCUT2D eigenvalue weighted by molar-refractivity contribution is 0.569. The number of fused-ring (bicyclic) bond motifs is 7. The van der Waals surface area contributed by atoms with E-state index in [9.17, 15) is 0 Å². The Morgan fingerprint density at radius 2 is 0.867 bits per heavy atom. The van der Waals surface area contributed by atoms with Crippen molar-refractivity contribution in [2.75, 3.05) is 4.90 Å². The molecule has 0 amide bonds. The van der Waals surface area contributed by atoms with E-state index in [1.165, 1.54) is 66.0 Å². The number of nitrogens with zero attached hydrogens (tertiary/aromatic N) is 2. The fourth-order valence-electron chi connectivity index (χ4n) is 11.5. The maximum atomic E-state index is 6.52. The Hall–Kier alpha value is -8.92. The normalized spacial score (nSPS) is 12.1. The molecule has 0 N–H and O–H groups in total. The molecule has 3 nitrogen and oxygen atoms in total. The molecule has 0 saturated carbocycles. The zero-order valence-electron chi connectivity index (χ0n) is 43.4. The highest BCUT2D eigenvalue weighted by molar-refractivity contribution is 6.15. The first-order valence-corrected chi connectivity index (χ1v) is 26.2. The molecule has 362 valence electrons. The lowest BCUT2D eigenvalue weighted by Gasteiger charge is -2.30. The van der Waals surface area contributed by atoms with Gasteiger partial charge in [0.25, 0.3) is 0 Å². The van der Waals surface area contributed by atoms with Crippen LogP contribution in [0.5, 0.6) is 0 Å². The summed E-state index contributed by atoms with van der Waals surface area (Å²) in [5.74, 6) is 0. The molecule has 0 aliphatic rings. The molecule has 0 saturated heterocycles. The summed E-state index contributed by atoms with van der Waals surface area (Å²) in [6, 6.07) is 89.1. The Morgan fingerprint density at radius 3 is 1.55 bits per heavy atom.